The van der Waals surface area contributed by atoms with Gasteiger partial charge >= 0.3 is 0 Å². The molecule has 0 N–H and O–H groups in total. The molecule has 1 aliphatic heterocycles. The van der Waals surface area contributed by atoms with Crippen LogP contribution >= 0.6 is 0 Å². The molecule has 1 aromatic rings. The van der Waals surface area contributed by atoms with Crippen molar-refractivity contribution in [2.75, 3.05) is 13.6 Å². The Bertz CT molecular complexity index is 728. The van der Waals surface area contributed by atoms with Crippen molar-refractivity contribution < 1.29 is 23.2 Å². The number of likely N-dealkylation sites (N-methyl/N-ethyl adjacent to an activating group) is 1. The number of fused-ring (bicyclic) bond motifs is 1. The third kappa shape index (κ3) is 3.22. The fraction of sp³-hybridized carbons (Fsp3) is 0.526. The van der Waals surface area contributed by atoms with E-state index in [0.717, 1.165) is 29.9 Å². The van der Waals surface area contributed by atoms with Crippen LogP contribution in [0.5, 0.6) is 0 Å². The van der Waals surface area contributed by atoms with Crippen molar-refractivity contribution in [1.82, 2.24) is 9.80 Å². The lowest BCUT2D eigenvalue weighted by Gasteiger charge is -2.27. The highest BCUT2D eigenvalue weighted by Gasteiger charge is 2.48. The van der Waals surface area contributed by atoms with Gasteiger partial charge in [0, 0.05) is 7.05 Å². The molecule has 0 spiro atoms. The minimum atomic E-state index is -0.982. The van der Waals surface area contributed by atoms with Gasteiger partial charge in [-0.1, -0.05) is 18.9 Å². The number of imide groups is 1. The predicted molar refractivity (Wildman–Crippen MR) is 89.7 cm³/mol. The minimum Gasteiger partial charge on any atom is -0.337 e. The highest BCUT2D eigenvalue weighted by molar-refractivity contribution is 6.07. The Labute approximate surface area is 150 Å². The molecule has 1 aromatic carbocycles. The largest absolute Gasteiger partial charge is 0.337 e. The molecule has 5 nitrogen and oxygen atoms in total. The Kier molecular flexibility index (Phi) is 5.07. The summed E-state index contributed by atoms with van der Waals surface area (Å²) in [6.07, 6.45) is 3.24. The van der Waals surface area contributed by atoms with Gasteiger partial charge in [0.25, 0.3) is 0 Å². The molecule has 3 amide bonds. The fourth-order valence-corrected chi connectivity index (χ4v) is 3.85. The Morgan fingerprint density at radius 3 is 2.27 bits per heavy atom. The van der Waals surface area contributed by atoms with Crippen LogP contribution in [0.3, 0.4) is 0 Å². The smallest absolute Gasteiger partial charge is 0.242 e. The van der Waals surface area contributed by atoms with Gasteiger partial charge in [-0.05, 0) is 37.5 Å². The maximum Gasteiger partial charge on any atom is 0.242 e. The van der Waals surface area contributed by atoms with E-state index in [-0.39, 0.29) is 30.2 Å². The third-order valence-corrected chi connectivity index (χ3v) is 5.63. The summed E-state index contributed by atoms with van der Waals surface area (Å²) >= 11 is 0. The number of nitrogens with zero attached hydrogens (tertiary/aromatic N) is 2. The molecule has 1 aliphatic carbocycles. The summed E-state index contributed by atoms with van der Waals surface area (Å²) in [7, 11) is 1.52. The second-order valence-corrected chi connectivity index (χ2v) is 7.11. The first-order chi connectivity index (χ1) is 12.3. The average molecular weight is 364 g/mol. The van der Waals surface area contributed by atoms with E-state index in [9.17, 15) is 23.2 Å². The summed E-state index contributed by atoms with van der Waals surface area (Å²) in [6, 6.07) is 2.95. The number of hydrogen-bond donors (Lipinski definition) is 0. The number of carbonyl (C=O) groups is 3. The second kappa shape index (κ2) is 7.13. The molecule has 0 radical (unpaired) electrons. The van der Waals surface area contributed by atoms with E-state index >= 15 is 0 Å². The minimum absolute atomic E-state index is 0.262. The number of carbonyl (C=O) groups excluding carboxylic acids is 3. The van der Waals surface area contributed by atoms with Crippen LogP contribution in [-0.4, -0.2) is 41.1 Å². The zero-order chi connectivity index (χ0) is 19.0. The number of likely N-dealkylation sites (tertiary alicyclic amines) is 1. The van der Waals surface area contributed by atoms with Gasteiger partial charge in [-0.3, -0.25) is 19.3 Å². The first kappa shape index (κ1) is 18.5. The average Bonchev–Trinajstić information content (AvgIpc) is 2.88. The van der Waals surface area contributed by atoms with Gasteiger partial charge in [-0.15, -0.1) is 0 Å². The van der Waals surface area contributed by atoms with Gasteiger partial charge < -0.3 is 4.90 Å². The van der Waals surface area contributed by atoms with Crippen molar-refractivity contribution >= 4 is 17.7 Å². The topological polar surface area (TPSA) is 57.7 Å². The van der Waals surface area contributed by atoms with Gasteiger partial charge in [-0.2, -0.15) is 0 Å². The molecule has 140 valence electrons. The zero-order valence-corrected chi connectivity index (χ0v) is 14.9. The first-order valence-electron chi connectivity index (χ1n) is 8.87. The summed E-state index contributed by atoms with van der Waals surface area (Å²) in [5, 5.41) is 0. The van der Waals surface area contributed by atoms with E-state index < -0.39 is 23.6 Å². The summed E-state index contributed by atoms with van der Waals surface area (Å²) in [6.45, 7) is 1.37. The molecule has 2 aliphatic rings. The van der Waals surface area contributed by atoms with E-state index in [0.29, 0.717) is 18.4 Å². The van der Waals surface area contributed by atoms with Crippen LogP contribution < -0.4 is 0 Å². The van der Waals surface area contributed by atoms with Crippen LogP contribution in [0, 0.1) is 23.5 Å². The monoisotopic (exact) mass is 364 g/mol. The van der Waals surface area contributed by atoms with Crippen LogP contribution in [0.15, 0.2) is 18.2 Å². The number of benzene rings is 1. The van der Waals surface area contributed by atoms with Gasteiger partial charge in [0.1, 0.15) is 6.54 Å². The quantitative estimate of drug-likeness (QED) is 0.772. The molecule has 3 atom stereocenters. The summed E-state index contributed by atoms with van der Waals surface area (Å²) in [5.74, 6) is -3.46. The Morgan fingerprint density at radius 2 is 1.73 bits per heavy atom. The van der Waals surface area contributed by atoms with Crippen molar-refractivity contribution in [3.8, 4) is 0 Å². The SMILES string of the molecule is CC(c1ccc(F)c(F)c1)N(C)C(=O)CN1C(=O)C2CCCCC2C1=O. The molecule has 26 heavy (non-hydrogen) atoms. The van der Waals surface area contributed by atoms with Crippen LogP contribution in [0.2, 0.25) is 0 Å². The van der Waals surface area contributed by atoms with Gasteiger partial charge in [-0.25, -0.2) is 8.78 Å². The predicted octanol–water partition coefficient (Wildman–Crippen LogP) is 2.66. The van der Waals surface area contributed by atoms with E-state index in [1.807, 2.05) is 0 Å². The summed E-state index contributed by atoms with van der Waals surface area (Å²) < 4.78 is 26.5. The Morgan fingerprint density at radius 1 is 1.15 bits per heavy atom. The summed E-state index contributed by atoms with van der Waals surface area (Å²) in [4.78, 5) is 39.9. The number of halogens is 2. The van der Waals surface area contributed by atoms with Gasteiger partial charge in [0.2, 0.25) is 17.7 Å². The molecule has 3 rings (SSSR count). The molecule has 1 heterocycles. The van der Waals surface area contributed by atoms with Crippen molar-refractivity contribution in [2.45, 2.75) is 38.6 Å². The lowest BCUT2D eigenvalue weighted by molar-refractivity contribution is -0.146. The van der Waals surface area contributed by atoms with Crippen LogP contribution in [0.4, 0.5) is 8.78 Å². The third-order valence-electron chi connectivity index (χ3n) is 5.63. The van der Waals surface area contributed by atoms with E-state index in [2.05, 4.69) is 0 Å². The number of rotatable bonds is 4. The van der Waals surface area contributed by atoms with E-state index in [4.69, 9.17) is 0 Å². The molecule has 0 aromatic heterocycles. The number of hydrogen-bond acceptors (Lipinski definition) is 3. The van der Waals surface area contributed by atoms with Crippen molar-refractivity contribution in [3.63, 3.8) is 0 Å². The molecular formula is C19H22F2N2O3. The lowest BCUT2D eigenvalue weighted by atomic mass is 9.81. The standard InChI is InChI=1S/C19H22F2N2O3/c1-11(12-7-8-15(20)16(21)9-12)22(2)17(24)10-23-18(25)13-5-3-4-6-14(13)19(23)26/h7-9,11,13-14H,3-6,10H2,1-2H3. The molecule has 1 saturated heterocycles. The van der Waals surface area contributed by atoms with Crippen LogP contribution in [0.1, 0.15) is 44.2 Å². The van der Waals surface area contributed by atoms with Gasteiger partial charge in [0.15, 0.2) is 11.6 Å². The first-order valence-corrected chi connectivity index (χ1v) is 8.87. The van der Waals surface area contributed by atoms with Crippen molar-refractivity contribution in [3.05, 3.63) is 35.4 Å². The molecule has 1 saturated carbocycles. The molecule has 7 heteroatoms. The second-order valence-electron chi connectivity index (χ2n) is 7.11. The molecule has 3 unspecified atom stereocenters. The Hall–Kier alpha value is -2.31. The van der Waals surface area contributed by atoms with Crippen LogP contribution in [0.25, 0.3) is 0 Å². The molecular weight excluding hydrogens is 342 g/mol. The van der Waals surface area contributed by atoms with Crippen LogP contribution in [-0.2, 0) is 14.4 Å². The Balaban J connectivity index is 1.69. The van der Waals surface area contributed by atoms with Crippen molar-refractivity contribution in [2.24, 2.45) is 11.8 Å². The zero-order valence-electron chi connectivity index (χ0n) is 14.9. The fourth-order valence-electron chi connectivity index (χ4n) is 3.85. The summed E-state index contributed by atoms with van der Waals surface area (Å²) in [5.41, 5.74) is 0.437. The molecule has 0 bridgehead atoms. The maximum absolute atomic E-state index is 13.4. The van der Waals surface area contributed by atoms with Gasteiger partial charge in [0.05, 0.1) is 17.9 Å². The highest BCUT2D eigenvalue weighted by atomic mass is 19.2. The van der Waals surface area contributed by atoms with Crippen molar-refractivity contribution in [1.29, 1.82) is 0 Å². The lowest BCUT2D eigenvalue weighted by Crippen LogP contribution is -2.42. The highest BCUT2D eigenvalue weighted by Crippen LogP contribution is 2.38. The molecule has 2 fully saturated rings. The number of amides is 3. The van der Waals surface area contributed by atoms with E-state index in [1.165, 1.54) is 18.0 Å². The maximum atomic E-state index is 13.4. The normalized spacial score (nSPS) is 23.8. The van der Waals surface area contributed by atoms with E-state index in [1.54, 1.807) is 6.92 Å².